The molecule has 0 radical (unpaired) electrons. The lowest BCUT2D eigenvalue weighted by Crippen LogP contribution is -2.31. The summed E-state index contributed by atoms with van der Waals surface area (Å²) in [4.78, 5) is 23.5. The monoisotopic (exact) mass is 335 g/mol. The minimum atomic E-state index is -0.0590. The van der Waals surface area contributed by atoms with Crippen molar-refractivity contribution in [2.75, 3.05) is 5.32 Å². The lowest BCUT2D eigenvalue weighted by molar-refractivity contribution is -0.122. The molecule has 2 amide bonds. The van der Waals surface area contributed by atoms with Crippen LogP contribution >= 0.6 is 0 Å². The van der Waals surface area contributed by atoms with Gasteiger partial charge in [-0.3, -0.25) is 9.59 Å². The molecule has 0 aliphatic carbocycles. The number of nitrogens with zero attached hydrogens (tertiary/aromatic N) is 1. The highest BCUT2D eigenvalue weighted by Crippen LogP contribution is 2.18. The van der Waals surface area contributed by atoms with Crippen molar-refractivity contribution in [3.63, 3.8) is 0 Å². The molecule has 0 fully saturated rings. The number of hydrogen-bond donors (Lipinski definition) is 2. The van der Waals surface area contributed by atoms with E-state index in [4.69, 9.17) is 0 Å². The molecule has 0 spiro atoms. The second kappa shape index (κ2) is 7.30. The van der Waals surface area contributed by atoms with Crippen LogP contribution in [0.15, 0.2) is 53.6 Å². The quantitative estimate of drug-likeness (QED) is 0.901. The van der Waals surface area contributed by atoms with E-state index in [9.17, 15) is 9.59 Å². The maximum atomic E-state index is 12.2. The van der Waals surface area contributed by atoms with E-state index in [0.29, 0.717) is 12.8 Å². The molecule has 1 heterocycles. The molecular formula is C20H21N3O2. The molecule has 25 heavy (non-hydrogen) atoms. The van der Waals surface area contributed by atoms with E-state index in [-0.39, 0.29) is 17.7 Å². The Labute approximate surface area is 147 Å². The lowest BCUT2D eigenvalue weighted by atomic mass is 9.94. The molecule has 0 saturated carbocycles. The van der Waals surface area contributed by atoms with E-state index < -0.39 is 0 Å². The average Bonchev–Trinajstić information content (AvgIpc) is 2.58. The van der Waals surface area contributed by atoms with Crippen LogP contribution in [0, 0.1) is 12.8 Å². The van der Waals surface area contributed by atoms with Gasteiger partial charge in [0.25, 0.3) is 0 Å². The van der Waals surface area contributed by atoms with Gasteiger partial charge >= 0.3 is 0 Å². The van der Waals surface area contributed by atoms with Gasteiger partial charge in [-0.05, 0) is 30.2 Å². The Morgan fingerprint density at radius 1 is 1.16 bits per heavy atom. The second-order valence-corrected chi connectivity index (χ2v) is 6.43. The maximum Gasteiger partial charge on any atom is 0.240 e. The van der Waals surface area contributed by atoms with Crippen molar-refractivity contribution in [1.29, 1.82) is 0 Å². The van der Waals surface area contributed by atoms with Crippen molar-refractivity contribution < 1.29 is 9.59 Å². The van der Waals surface area contributed by atoms with E-state index in [2.05, 4.69) is 15.8 Å². The smallest absolute Gasteiger partial charge is 0.240 e. The fourth-order valence-electron chi connectivity index (χ4n) is 2.82. The summed E-state index contributed by atoms with van der Waals surface area (Å²) in [6.45, 7) is 4.00. The summed E-state index contributed by atoms with van der Waals surface area (Å²) in [6.07, 6.45) is 0.783. The Morgan fingerprint density at radius 3 is 2.48 bits per heavy atom. The zero-order chi connectivity index (χ0) is 17.8. The third kappa shape index (κ3) is 4.32. The molecule has 2 aromatic rings. The number of anilines is 1. The molecule has 2 aromatic carbocycles. The molecule has 0 saturated heterocycles. The third-order valence-electron chi connectivity index (χ3n) is 4.21. The van der Waals surface area contributed by atoms with Crippen molar-refractivity contribution in [2.24, 2.45) is 11.0 Å². The zero-order valence-electron chi connectivity index (χ0n) is 14.4. The van der Waals surface area contributed by atoms with E-state index >= 15 is 0 Å². The average molecular weight is 335 g/mol. The predicted octanol–water partition coefficient (Wildman–Crippen LogP) is 3.04. The number of carbonyl (C=O) groups excluding carboxylic acids is 2. The molecule has 2 N–H and O–H groups in total. The van der Waals surface area contributed by atoms with E-state index in [0.717, 1.165) is 22.5 Å². The Kier molecular flexibility index (Phi) is 4.93. The minimum Gasteiger partial charge on any atom is -0.326 e. The SMILES string of the molecule is Cc1ccc(CC(=O)Nc2ccc(C3=NNC(=O)CC3C)cc2)cc1. The third-order valence-corrected chi connectivity index (χ3v) is 4.21. The van der Waals surface area contributed by atoms with Crippen molar-refractivity contribution in [2.45, 2.75) is 26.7 Å². The fraction of sp³-hybridized carbons (Fsp3) is 0.250. The van der Waals surface area contributed by atoms with Gasteiger partial charge in [-0.25, -0.2) is 5.43 Å². The Bertz CT molecular complexity index is 808. The first-order valence-electron chi connectivity index (χ1n) is 8.33. The van der Waals surface area contributed by atoms with Gasteiger partial charge in [0.2, 0.25) is 11.8 Å². The topological polar surface area (TPSA) is 70.6 Å². The van der Waals surface area contributed by atoms with Crippen molar-refractivity contribution in [1.82, 2.24) is 5.43 Å². The zero-order valence-corrected chi connectivity index (χ0v) is 14.4. The van der Waals surface area contributed by atoms with Crippen LogP contribution in [0.2, 0.25) is 0 Å². The molecule has 128 valence electrons. The summed E-state index contributed by atoms with van der Waals surface area (Å²) in [6, 6.07) is 15.5. The second-order valence-electron chi connectivity index (χ2n) is 6.43. The van der Waals surface area contributed by atoms with Crippen LogP contribution in [0.25, 0.3) is 0 Å². The highest BCUT2D eigenvalue weighted by Gasteiger charge is 2.21. The Hall–Kier alpha value is -2.95. The minimum absolute atomic E-state index is 0.0489. The van der Waals surface area contributed by atoms with Crippen LogP contribution < -0.4 is 10.7 Å². The molecule has 1 aliphatic heterocycles. The van der Waals surface area contributed by atoms with Gasteiger partial charge in [0.1, 0.15) is 0 Å². The van der Waals surface area contributed by atoms with Crippen molar-refractivity contribution in [3.8, 4) is 0 Å². The van der Waals surface area contributed by atoms with Gasteiger partial charge in [0, 0.05) is 18.0 Å². The molecule has 3 rings (SSSR count). The molecule has 0 aromatic heterocycles. The Balaban J connectivity index is 1.63. The number of rotatable bonds is 4. The normalized spacial score (nSPS) is 16.8. The molecule has 5 nitrogen and oxygen atoms in total. The summed E-state index contributed by atoms with van der Waals surface area (Å²) in [5.74, 6) is -0.0285. The number of nitrogens with one attached hydrogen (secondary N) is 2. The standard InChI is InChI=1S/C20H21N3O2/c1-13-3-5-15(6-4-13)12-18(24)21-17-9-7-16(8-10-17)20-14(2)11-19(25)22-23-20/h3-10,14H,11-12H2,1-2H3,(H,21,24)(H,22,25). The van der Waals surface area contributed by atoms with Crippen molar-refractivity contribution in [3.05, 3.63) is 65.2 Å². The molecule has 5 heteroatoms. The van der Waals surface area contributed by atoms with Gasteiger partial charge in [-0.1, -0.05) is 48.9 Å². The first-order valence-corrected chi connectivity index (χ1v) is 8.33. The number of hydrazone groups is 1. The highest BCUT2D eigenvalue weighted by atomic mass is 16.2. The van der Waals surface area contributed by atoms with Gasteiger partial charge in [-0.15, -0.1) is 0 Å². The predicted molar refractivity (Wildman–Crippen MR) is 98.4 cm³/mol. The first kappa shape index (κ1) is 16.9. The lowest BCUT2D eigenvalue weighted by Gasteiger charge is -2.19. The highest BCUT2D eigenvalue weighted by molar-refractivity contribution is 6.06. The number of hydrogen-bond acceptors (Lipinski definition) is 3. The van der Waals surface area contributed by atoms with Gasteiger partial charge in [0.15, 0.2) is 0 Å². The van der Waals surface area contributed by atoms with Crippen LogP contribution in [-0.4, -0.2) is 17.5 Å². The van der Waals surface area contributed by atoms with Crippen LogP contribution in [0.4, 0.5) is 5.69 Å². The molecule has 1 unspecified atom stereocenters. The summed E-state index contributed by atoms with van der Waals surface area (Å²) in [7, 11) is 0. The van der Waals surface area contributed by atoms with Crippen LogP contribution in [0.1, 0.15) is 30.0 Å². The number of amides is 2. The number of carbonyl (C=O) groups is 2. The molecular weight excluding hydrogens is 314 g/mol. The molecule has 1 aliphatic rings. The van der Waals surface area contributed by atoms with Gasteiger partial charge < -0.3 is 5.32 Å². The van der Waals surface area contributed by atoms with Gasteiger partial charge in [-0.2, -0.15) is 5.10 Å². The number of aryl methyl sites for hydroxylation is 1. The van der Waals surface area contributed by atoms with Crippen LogP contribution in [0.5, 0.6) is 0 Å². The van der Waals surface area contributed by atoms with Crippen LogP contribution in [0.3, 0.4) is 0 Å². The van der Waals surface area contributed by atoms with Crippen LogP contribution in [-0.2, 0) is 16.0 Å². The number of benzene rings is 2. The fourth-order valence-corrected chi connectivity index (χ4v) is 2.82. The maximum absolute atomic E-state index is 12.2. The van der Waals surface area contributed by atoms with E-state index in [1.807, 2.05) is 62.4 Å². The summed E-state index contributed by atoms with van der Waals surface area (Å²) in [5.41, 5.74) is 7.23. The largest absolute Gasteiger partial charge is 0.326 e. The summed E-state index contributed by atoms with van der Waals surface area (Å²) >= 11 is 0. The summed E-state index contributed by atoms with van der Waals surface area (Å²) in [5, 5.41) is 7.05. The van der Waals surface area contributed by atoms with Crippen molar-refractivity contribution >= 4 is 23.2 Å². The first-order chi connectivity index (χ1) is 12.0. The van der Waals surface area contributed by atoms with E-state index in [1.165, 1.54) is 5.56 Å². The van der Waals surface area contributed by atoms with Gasteiger partial charge in [0.05, 0.1) is 12.1 Å². The summed E-state index contributed by atoms with van der Waals surface area (Å²) < 4.78 is 0. The molecule has 1 atom stereocenters. The molecule has 0 bridgehead atoms. The Morgan fingerprint density at radius 2 is 1.84 bits per heavy atom. The van der Waals surface area contributed by atoms with E-state index in [1.54, 1.807) is 0 Å².